The van der Waals surface area contributed by atoms with Crippen molar-refractivity contribution in [3.05, 3.63) is 71.1 Å². The van der Waals surface area contributed by atoms with E-state index in [4.69, 9.17) is 9.15 Å². The second kappa shape index (κ2) is 11.2. The summed E-state index contributed by atoms with van der Waals surface area (Å²) < 4.78 is 49.8. The van der Waals surface area contributed by atoms with Crippen molar-refractivity contribution in [2.75, 3.05) is 39.3 Å². The van der Waals surface area contributed by atoms with E-state index in [2.05, 4.69) is 9.88 Å². The molecule has 0 radical (unpaired) electrons. The molecule has 1 saturated heterocycles. The fourth-order valence-corrected chi connectivity index (χ4v) is 4.94. The number of nitrogens with zero attached hydrogens (tertiary/aromatic N) is 4. The Labute approximate surface area is 236 Å². The molecule has 0 aliphatic carbocycles. The summed E-state index contributed by atoms with van der Waals surface area (Å²) in [5.41, 5.74) is 2.72. The minimum absolute atomic E-state index is 0.0297. The molecule has 0 N–H and O–H groups in total. The number of fused-ring (bicyclic) bond motifs is 1. The molecular formula is C30H33F3N4O4. The summed E-state index contributed by atoms with van der Waals surface area (Å²) in [6, 6.07) is 10.8. The monoisotopic (exact) mass is 570 g/mol. The highest BCUT2D eigenvalue weighted by atomic mass is 19.4. The van der Waals surface area contributed by atoms with Crippen LogP contribution in [0.15, 0.2) is 53.0 Å². The van der Waals surface area contributed by atoms with E-state index < -0.39 is 17.3 Å². The Morgan fingerprint density at radius 2 is 1.66 bits per heavy atom. The lowest BCUT2D eigenvalue weighted by atomic mass is 9.99. The molecular weight excluding hydrogens is 537 g/mol. The molecule has 41 heavy (non-hydrogen) atoms. The molecule has 5 rings (SSSR count). The van der Waals surface area contributed by atoms with Gasteiger partial charge in [0, 0.05) is 45.8 Å². The van der Waals surface area contributed by atoms with Crippen LogP contribution in [0, 0.1) is 0 Å². The summed E-state index contributed by atoms with van der Waals surface area (Å²) >= 11 is 0. The van der Waals surface area contributed by atoms with E-state index in [-0.39, 0.29) is 17.9 Å². The van der Waals surface area contributed by atoms with Gasteiger partial charge in [-0.1, -0.05) is 24.3 Å². The summed E-state index contributed by atoms with van der Waals surface area (Å²) in [4.78, 5) is 35.3. The zero-order chi connectivity index (χ0) is 29.4. The number of carbonyl (C=O) groups is 2. The predicted molar refractivity (Wildman–Crippen MR) is 147 cm³/mol. The van der Waals surface area contributed by atoms with E-state index in [1.54, 1.807) is 9.80 Å². The molecule has 0 saturated carbocycles. The van der Waals surface area contributed by atoms with Crippen LogP contribution in [0.5, 0.6) is 0 Å². The zero-order valence-corrected chi connectivity index (χ0v) is 23.3. The first-order valence-electron chi connectivity index (χ1n) is 13.6. The van der Waals surface area contributed by atoms with Gasteiger partial charge in [0.05, 0.1) is 5.56 Å². The van der Waals surface area contributed by atoms with E-state index in [0.29, 0.717) is 63.3 Å². The van der Waals surface area contributed by atoms with Gasteiger partial charge in [0.1, 0.15) is 11.1 Å². The van der Waals surface area contributed by atoms with E-state index in [1.807, 2.05) is 45.0 Å². The third-order valence-electron chi connectivity index (χ3n) is 7.15. The standard InChI is InChI=1S/C30H33F3N4O4/c1-29(2,3)41-28(39)37-12-10-21(11-13-37)22-6-9-24-25(18-22)40-26(34-24)27(38)36-16-14-35(15-17-36)19-20-4-7-23(8-5-20)30(31,32)33/h4-10,18H,11-17,19H2,1-3H3. The first-order valence-corrected chi connectivity index (χ1v) is 13.6. The number of ether oxygens (including phenoxy) is 1. The number of amides is 2. The maximum Gasteiger partial charge on any atom is 0.416 e. The largest absolute Gasteiger partial charge is 0.444 e. The van der Waals surface area contributed by atoms with Crippen molar-refractivity contribution in [1.82, 2.24) is 19.7 Å². The van der Waals surface area contributed by atoms with E-state index in [0.717, 1.165) is 28.8 Å². The fraction of sp³-hybridized carbons (Fsp3) is 0.433. The molecule has 0 unspecified atom stereocenters. The topological polar surface area (TPSA) is 79.1 Å². The fourth-order valence-electron chi connectivity index (χ4n) is 4.94. The first kappa shape index (κ1) is 28.7. The van der Waals surface area contributed by atoms with Crippen LogP contribution >= 0.6 is 0 Å². The zero-order valence-electron chi connectivity index (χ0n) is 23.3. The lowest BCUT2D eigenvalue weighted by Gasteiger charge is -2.34. The summed E-state index contributed by atoms with van der Waals surface area (Å²) in [6.45, 7) is 9.14. The van der Waals surface area contributed by atoms with Crippen LogP contribution in [0.3, 0.4) is 0 Å². The number of aromatic nitrogens is 1. The van der Waals surface area contributed by atoms with Gasteiger partial charge in [-0.3, -0.25) is 9.69 Å². The Morgan fingerprint density at radius 3 is 2.27 bits per heavy atom. The SMILES string of the molecule is CC(C)(C)OC(=O)N1CC=C(c2ccc3nc(C(=O)N4CCN(Cc5ccc(C(F)(F)F)cc5)CC4)oc3c2)CC1. The molecule has 8 nitrogen and oxygen atoms in total. The van der Waals surface area contributed by atoms with Gasteiger partial charge in [0.15, 0.2) is 5.58 Å². The van der Waals surface area contributed by atoms with Gasteiger partial charge in [-0.2, -0.15) is 13.2 Å². The number of carbonyl (C=O) groups excluding carboxylic acids is 2. The van der Waals surface area contributed by atoms with Gasteiger partial charge >= 0.3 is 18.2 Å². The van der Waals surface area contributed by atoms with Crippen molar-refractivity contribution in [2.45, 2.75) is 45.5 Å². The van der Waals surface area contributed by atoms with Crippen LogP contribution in [0.2, 0.25) is 0 Å². The van der Waals surface area contributed by atoms with E-state index >= 15 is 0 Å². The highest BCUT2D eigenvalue weighted by Gasteiger charge is 2.30. The highest BCUT2D eigenvalue weighted by molar-refractivity contribution is 5.93. The number of benzene rings is 2. The Balaban J connectivity index is 1.17. The van der Waals surface area contributed by atoms with Crippen molar-refractivity contribution in [2.24, 2.45) is 0 Å². The normalized spacial score (nSPS) is 17.1. The third kappa shape index (κ3) is 6.90. The first-order chi connectivity index (χ1) is 19.4. The minimum Gasteiger partial charge on any atom is -0.444 e. The Hall–Kier alpha value is -3.86. The summed E-state index contributed by atoms with van der Waals surface area (Å²) in [5.74, 6) is -0.260. The maximum atomic E-state index is 13.1. The summed E-state index contributed by atoms with van der Waals surface area (Å²) in [7, 11) is 0. The number of piperazine rings is 1. The van der Waals surface area contributed by atoms with Gasteiger partial charge in [0.25, 0.3) is 5.89 Å². The molecule has 11 heteroatoms. The quantitative estimate of drug-likeness (QED) is 0.393. The molecule has 0 atom stereocenters. The second-order valence-electron chi connectivity index (χ2n) is 11.4. The van der Waals surface area contributed by atoms with Crippen LogP contribution in [-0.2, 0) is 17.5 Å². The molecule has 0 bridgehead atoms. The summed E-state index contributed by atoms with van der Waals surface area (Å²) in [5, 5.41) is 0. The Bertz CT molecular complexity index is 1450. The summed E-state index contributed by atoms with van der Waals surface area (Å²) in [6.07, 6.45) is -2.01. The van der Waals surface area contributed by atoms with Crippen molar-refractivity contribution < 1.29 is 31.9 Å². The lowest BCUT2D eigenvalue weighted by Crippen LogP contribution is -2.48. The van der Waals surface area contributed by atoms with Crippen LogP contribution < -0.4 is 0 Å². The maximum absolute atomic E-state index is 13.1. The lowest BCUT2D eigenvalue weighted by molar-refractivity contribution is -0.137. The number of hydrogen-bond donors (Lipinski definition) is 0. The molecule has 2 aliphatic rings. The number of alkyl halides is 3. The molecule has 3 heterocycles. The molecule has 218 valence electrons. The van der Waals surface area contributed by atoms with Crippen molar-refractivity contribution in [1.29, 1.82) is 0 Å². The number of halogens is 3. The van der Waals surface area contributed by atoms with Crippen LogP contribution in [-0.4, -0.2) is 76.6 Å². The second-order valence-corrected chi connectivity index (χ2v) is 11.4. The smallest absolute Gasteiger partial charge is 0.416 e. The Kier molecular flexibility index (Phi) is 7.83. The number of rotatable bonds is 4. The van der Waals surface area contributed by atoms with Gasteiger partial charge in [0.2, 0.25) is 0 Å². The average molecular weight is 571 g/mol. The number of hydrogen-bond acceptors (Lipinski definition) is 6. The predicted octanol–water partition coefficient (Wildman–Crippen LogP) is 5.83. The molecule has 2 aliphatic heterocycles. The minimum atomic E-state index is -4.35. The van der Waals surface area contributed by atoms with Gasteiger partial charge in [-0.15, -0.1) is 0 Å². The van der Waals surface area contributed by atoms with E-state index in [9.17, 15) is 22.8 Å². The van der Waals surface area contributed by atoms with Crippen LogP contribution in [0.25, 0.3) is 16.7 Å². The van der Waals surface area contributed by atoms with Crippen molar-refractivity contribution in [3.63, 3.8) is 0 Å². The van der Waals surface area contributed by atoms with E-state index in [1.165, 1.54) is 12.1 Å². The molecule has 0 spiro atoms. The van der Waals surface area contributed by atoms with Gasteiger partial charge in [-0.25, -0.2) is 9.78 Å². The van der Waals surface area contributed by atoms with Gasteiger partial charge in [-0.05, 0) is 68.2 Å². The molecule has 1 aromatic heterocycles. The molecule has 3 aromatic rings. The number of oxazole rings is 1. The van der Waals surface area contributed by atoms with Crippen LogP contribution in [0.1, 0.15) is 54.6 Å². The van der Waals surface area contributed by atoms with Crippen LogP contribution in [0.4, 0.5) is 18.0 Å². The Morgan fingerprint density at radius 1 is 0.951 bits per heavy atom. The molecule has 2 amide bonds. The van der Waals surface area contributed by atoms with Crippen molar-refractivity contribution in [3.8, 4) is 0 Å². The highest BCUT2D eigenvalue weighted by Crippen LogP contribution is 2.30. The average Bonchev–Trinajstić information content (AvgIpc) is 3.36. The van der Waals surface area contributed by atoms with Gasteiger partial charge < -0.3 is 19.0 Å². The molecule has 1 fully saturated rings. The molecule has 2 aromatic carbocycles. The third-order valence-corrected chi connectivity index (χ3v) is 7.15. The van der Waals surface area contributed by atoms with Crippen molar-refractivity contribution >= 4 is 28.7 Å².